The molecule has 0 amide bonds. The Morgan fingerprint density at radius 2 is 1.84 bits per heavy atom. The van der Waals surface area contributed by atoms with Gasteiger partial charge < -0.3 is 15.3 Å². The van der Waals surface area contributed by atoms with Gasteiger partial charge in [0.15, 0.2) is 5.75 Å². The molecule has 19 heavy (non-hydrogen) atoms. The smallest absolute Gasteiger partial charge is 0.162 e. The van der Waals surface area contributed by atoms with Crippen molar-refractivity contribution in [3.8, 4) is 11.5 Å². The maximum atomic E-state index is 9.69. The number of phenols is 1. The van der Waals surface area contributed by atoms with Crippen LogP contribution in [0.3, 0.4) is 0 Å². The summed E-state index contributed by atoms with van der Waals surface area (Å²) in [5.74, 6) is 1.85. The normalized spacial score (nSPS) is 12.7. The summed E-state index contributed by atoms with van der Waals surface area (Å²) in [5, 5.41) is 12.9. The molecule has 1 heterocycles. The summed E-state index contributed by atoms with van der Waals surface area (Å²) in [6.07, 6.45) is 1.97. The summed E-state index contributed by atoms with van der Waals surface area (Å²) >= 11 is 0. The Labute approximate surface area is 111 Å². The van der Waals surface area contributed by atoms with E-state index in [1.54, 1.807) is 12.1 Å². The minimum atomic E-state index is 0.285. The lowest BCUT2D eigenvalue weighted by molar-refractivity contribution is 0.215. The highest BCUT2D eigenvalue weighted by atomic mass is 16.6. The maximum absolute atomic E-state index is 9.69. The van der Waals surface area contributed by atoms with Crippen LogP contribution in [-0.2, 0) is 6.54 Å². The average Bonchev–Trinajstić information content (AvgIpc) is 2.46. The quantitative estimate of drug-likeness (QED) is 0.787. The Kier molecular flexibility index (Phi) is 2.98. The van der Waals surface area contributed by atoms with Crippen LogP contribution in [0.5, 0.6) is 11.5 Å². The van der Waals surface area contributed by atoms with Crippen molar-refractivity contribution in [1.82, 2.24) is 10.8 Å². The van der Waals surface area contributed by atoms with E-state index in [0.717, 1.165) is 22.7 Å². The summed E-state index contributed by atoms with van der Waals surface area (Å²) in [6.45, 7) is 0.525. The van der Waals surface area contributed by atoms with E-state index in [9.17, 15) is 5.11 Å². The zero-order valence-electron chi connectivity index (χ0n) is 10.3. The van der Waals surface area contributed by atoms with Crippen molar-refractivity contribution < 1.29 is 9.94 Å². The van der Waals surface area contributed by atoms with Gasteiger partial charge in [0.1, 0.15) is 11.6 Å². The van der Waals surface area contributed by atoms with Gasteiger partial charge >= 0.3 is 0 Å². The van der Waals surface area contributed by atoms with E-state index in [4.69, 9.17) is 4.84 Å². The molecule has 1 aliphatic rings. The second-order valence-electron chi connectivity index (χ2n) is 4.28. The number of rotatable bonds is 3. The first-order valence-corrected chi connectivity index (χ1v) is 6.07. The van der Waals surface area contributed by atoms with Gasteiger partial charge in [0.2, 0.25) is 0 Å². The molecule has 3 N–H and O–H groups in total. The standard InChI is InChI=1S/C15H14N2O2/c18-13-7-3-1-6-12(13)10-16-15-9-11-5-2-4-8-14(11)19-17-15/h1-9,16-18H,10H2. The topological polar surface area (TPSA) is 53.5 Å². The summed E-state index contributed by atoms with van der Waals surface area (Å²) in [7, 11) is 0. The fraction of sp³-hybridized carbons (Fsp3) is 0.0667. The SMILES string of the molecule is Oc1ccccc1CNC1=Cc2ccccc2ON1. The van der Waals surface area contributed by atoms with Gasteiger partial charge in [-0.15, -0.1) is 0 Å². The van der Waals surface area contributed by atoms with Gasteiger partial charge in [-0.05, 0) is 18.2 Å². The summed E-state index contributed by atoms with van der Waals surface area (Å²) in [6, 6.07) is 15.0. The van der Waals surface area contributed by atoms with Crippen molar-refractivity contribution in [2.75, 3.05) is 0 Å². The molecule has 4 nitrogen and oxygen atoms in total. The Bertz CT molecular complexity index is 623. The molecule has 0 fully saturated rings. The molecule has 0 aromatic heterocycles. The lowest BCUT2D eigenvalue weighted by Gasteiger charge is -2.20. The third kappa shape index (κ3) is 2.47. The second-order valence-corrected chi connectivity index (χ2v) is 4.28. The Morgan fingerprint density at radius 1 is 1.05 bits per heavy atom. The molecule has 4 heteroatoms. The summed E-state index contributed by atoms with van der Waals surface area (Å²) < 4.78 is 0. The lowest BCUT2D eigenvalue weighted by Crippen LogP contribution is -2.30. The molecule has 96 valence electrons. The Hall–Kier alpha value is -2.62. The van der Waals surface area contributed by atoms with Gasteiger partial charge in [0.25, 0.3) is 0 Å². The predicted octanol–water partition coefficient (Wildman–Crippen LogP) is 2.38. The fourth-order valence-corrected chi connectivity index (χ4v) is 1.93. The first kappa shape index (κ1) is 11.5. The maximum Gasteiger partial charge on any atom is 0.162 e. The minimum absolute atomic E-state index is 0.285. The zero-order chi connectivity index (χ0) is 13.1. The lowest BCUT2D eigenvalue weighted by atomic mass is 10.1. The van der Waals surface area contributed by atoms with Gasteiger partial charge in [0, 0.05) is 17.7 Å². The predicted molar refractivity (Wildman–Crippen MR) is 73.1 cm³/mol. The summed E-state index contributed by atoms with van der Waals surface area (Å²) in [5.41, 5.74) is 4.69. The highest BCUT2D eigenvalue weighted by Gasteiger charge is 2.10. The number of hydrogen-bond acceptors (Lipinski definition) is 4. The molecule has 0 saturated heterocycles. The van der Waals surface area contributed by atoms with E-state index >= 15 is 0 Å². The van der Waals surface area contributed by atoms with Crippen LogP contribution in [0.15, 0.2) is 54.4 Å². The number of para-hydroxylation sites is 2. The van der Waals surface area contributed by atoms with Crippen LogP contribution < -0.4 is 15.6 Å². The molecular weight excluding hydrogens is 240 g/mol. The highest BCUT2D eigenvalue weighted by Crippen LogP contribution is 2.23. The van der Waals surface area contributed by atoms with Crippen LogP contribution >= 0.6 is 0 Å². The number of nitrogens with one attached hydrogen (secondary N) is 2. The van der Waals surface area contributed by atoms with E-state index in [0.29, 0.717) is 6.54 Å². The van der Waals surface area contributed by atoms with Crippen molar-refractivity contribution in [1.29, 1.82) is 0 Å². The number of fused-ring (bicyclic) bond motifs is 1. The van der Waals surface area contributed by atoms with Gasteiger partial charge in [-0.2, -0.15) is 0 Å². The molecule has 0 unspecified atom stereocenters. The van der Waals surface area contributed by atoms with Crippen LogP contribution in [0.2, 0.25) is 0 Å². The highest BCUT2D eigenvalue weighted by molar-refractivity contribution is 5.60. The molecule has 1 aliphatic heterocycles. The molecule has 2 aromatic carbocycles. The summed E-state index contributed by atoms with van der Waals surface area (Å²) in [4.78, 5) is 5.41. The van der Waals surface area contributed by atoms with Crippen molar-refractivity contribution >= 4 is 6.08 Å². The molecular formula is C15H14N2O2. The number of hydroxylamine groups is 1. The minimum Gasteiger partial charge on any atom is -0.508 e. The molecule has 2 aromatic rings. The van der Waals surface area contributed by atoms with E-state index in [1.165, 1.54) is 0 Å². The van der Waals surface area contributed by atoms with Gasteiger partial charge in [-0.1, -0.05) is 36.4 Å². The molecule has 0 aliphatic carbocycles. The monoisotopic (exact) mass is 254 g/mol. The first-order valence-electron chi connectivity index (χ1n) is 6.07. The van der Waals surface area contributed by atoms with E-state index in [-0.39, 0.29) is 5.75 Å². The largest absolute Gasteiger partial charge is 0.508 e. The van der Waals surface area contributed by atoms with Crippen LogP contribution in [0, 0.1) is 0 Å². The van der Waals surface area contributed by atoms with Crippen molar-refractivity contribution in [2.45, 2.75) is 6.54 Å². The van der Waals surface area contributed by atoms with Gasteiger partial charge in [0.05, 0.1) is 0 Å². The van der Waals surface area contributed by atoms with Crippen LogP contribution in [0.1, 0.15) is 11.1 Å². The van der Waals surface area contributed by atoms with Crippen LogP contribution in [-0.4, -0.2) is 5.11 Å². The van der Waals surface area contributed by atoms with Crippen molar-refractivity contribution in [3.63, 3.8) is 0 Å². The molecule has 0 radical (unpaired) electrons. The van der Waals surface area contributed by atoms with Gasteiger partial charge in [-0.3, -0.25) is 0 Å². The molecule has 0 atom stereocenters. The van der Waals surface area contributed by atoms with Crippen LogP contribution in [0.25, 0.3) is 6.08 Å². The second kappa shape index (κ2) is 4.94. The number of hydrogen-bond donors (Lipinski definition) is 3. The van der Waals surface area contributed by atoms with Crippen molar-refractivity contribution in [2.24, 2.45) is 0 Å². The average molecular weight is 254 g/mol. The molecule has 0 spiro atoms. The number of benzene rings is 2. The Balaban J connectivity index is 1.72. The van der Waals surface area contributed by atoms with E-state index < -0.39 is 0 Å². The molecule has 0 saturated carbocycles. The van der Waals surface area contributed by atoms with Gasteiger partial charge in [-0.25, -0.2) is 5.48 Å². The zero-order valence-corrected chi connectivity index (χ0v) is 10.3. The van der Waals surface area contributed by atoms with Crippen LogP contribution in [0.4, 0.5) is 0 Å². The third-order valence-electron chi connectivity index (χ3n) is 2.95. The molecule has 3 rings (SSSR count). The number of aromatic hydroxyl groups is 1. The fourth-order valence-electron chi connectivity index (χ4n) is 1.93. The number of phenolic OH excluding ortho intramolecular Hbond substituents is 1. The third-order valence-corrected chi connectivity index (χ3v) is 2.95. The first-order chi connectivity index (χ1) is 9.33. The van der Waals surface area contributed by atoms with E-state index in [2.05, 4.69) is 10.8 Å². The molecule has 0 bridgehead atoms. The Morgan fingerprint density at radius 3 is 2.74 bits per heavy atom. The van der Waals surface area contributed by atoms with E-state index in [1.807, 2.05) is 42.5 Å². The van der Waals surface area contributed by atoms with Crippen molar-refractivity contribution in [3.05, 3.63) is 65.5 Å².